The van der Waals surface area contributed by atoms with Gasteiger partial charge < -0.3 is 15.5 Å². The Bertz CT molecular complexity index is 821. The molecule has 1 saturated heterocycles. The molecule has 1 aromatic heterocycles. The lowest BCUT2D eigenvalue weighted by molar-refractivity contribution is -0.130. The first-order valence-corrected chi connectivity index (χ1v) is 8.44. The number of likely N-dealkylation sites (tertiary alicyclic amines) is 1. The Kier molecular flexibility index (Phi) is 4.92. The van der Waals surface area contributed by atoms with Gasteiger partial charge in [0.25, 0.3) is 0 Å². The average molecular weight is 359 g/mol. The van der Waals surface area contributed by atoms with Gasteiger partial charge in [-0.05, 0) is 30.7 Å². The van der Waals surface area contributed by atoms with Crippen LogP contribution >= 0.6 is 0 Å². The Morgan fingerprint density at radius 3 is 2.81 bits per heavy atom. The third kappa shape index (κ3) is 3.68. The minimum atomic E-state index is -0.984. The van der Waals surface area contributed by atoms with Crippen LogP contribution in [-0.2, 0) is 23.1 Å². The molecule has 1 aliphatic heterocycles. The van der Waals surface area contributed by atoms with E-state index in [9.17, 15) is 14.0 Å². The van der Waals surface area contributed by atoms with Gasteiger partial charge in [-0.15, -0.1) is 0 Å². The molecule has 138 valence electrons. The minimum Gasteiger partial charge on any atom is -0.370 e. The first-order chi connectivity index (χ1) is 12.4. The molecule has 8 heteroatoms. The lowest BCUT2D eigenvalue weighted by Crippen LogP contribution is -2.54. The molecule has 0 radical (unpaired) electrons. The van der Waals surface area contributed by atoms with Crippen molar-refractivity contribution < 1.29 is 14.0 Å². The zero-order chi connectivity index (χ0) is 18.7. The summed E-state index contributed by atoms with van der Waals surface area (Å²) in [5.41, 5.74) is 0.211. The molecule has 1 atom stereocenters. The highest BCUT2D eigenvalue weighted by molar-refractivity contribution is 5.91. The van der Waals surface area contributed by atoms with Crippen LogP contribution in [0.5, 0.6) is 0 Å². The summed E-state index contributed by atoms with van der Waals surface area (Å²) in [6.07, 6.45) is 2.41. The van der Waals surface area contributed by atoms with E-state index in [4.69, 9.17) is 0 Å². The molecular formula is C18H22FN5O2. The van der Waals surface area contributed by atoms with Crippen molar-refractivity contribution in [2.75, 3.05) is 25.5 Å². The SMILES string of the molecule is CNC(=O)C1(Nc2cccc(F)c2)CCN(C(=O)Cc2ccn(C)n2)C1. The number of nitrogens with zero attached hydrogens (tertiary/aromatic N) is 3. The molecule has 3 rings (SSSR count). The van der Waals surface area contributed by atoms with Gasteiger partial charge in [0.2, 0.25) is 11.8 Å². The highest BCUT2D eigenvalue weighted by Gasteiger charge is 2.45. The van der Waals surface area contributed by atoms with Gasteiger partial charge in [0.05, 0.1) is 18.7 Å². The van der Waals surface area contributed by atoms with Crippen LogP contribution < -0.4 is 10.6 Å². The number of halogens is 1. The zero-order valence-corrected chi connectivity index (χ0v) is 14.8. The summed E-state index contributed by atoms with van der Waals surface area (Å²) < 4.78 is 15.1. The van der Waals surface area contributed by atoms with Crippen LogP contribution in [0.25, 0.3) is 0 Å². The van der Waals surface area contributed by atoms with Gasteiger partial charge in [-0.3, -0.25) is 14.3 Å². The van der Waals surface area contributed by atoms with Gasteiger partial charge in [0.1, 0.15) is 11.4 Å². The molecule has 1 fully saturated rings. The van der Waals surface area contributed by atoms with Crippen molar-refractivity contribution in [3.63, 3.8) is 0 Å². The van der Waals surface area contributed by atoms with Gasteiger partial charge in [-0.2, -0.15) is 5.10 Å². The number of nitrogens with one attached hydrogen (secondary N) is 2. The van der Waals surface area contributed by atoms with E-state index in [0.29, 0.717) is 24.3 Å². The van der Waals surface area contributed by atoms with E-state index in [0.717, 1.165) is 0 Å². The fourth-order valence-corrected chi connectivity index (χ4v) is 3.27. The maximum absolute atomic E-state index is 13.5. The number of likely N-dealkylation sites (N-methyl/N-ethyl adjacent to an activating group) is 1. The molecule has 0 spiro atoms. The summed E-state index contributed by atoms with van der Waals surface area (Å²) in [5, 5.41) is 10.00. The minimum absolute atomic E-state index is 0.0875. The number of hydrogen-bond donors (Lipinski definition) is 2. The first-order valence-electron chi connectivity index (χ1n) is 8.44. The van der Waals surface area contributed by atoms with Crippen LogP contribution in [0, 0.1) is 5.82 Å². The Labute approximate surface area is 151 Å². The van der Waals surface area contributed by atoms with Gasteiger partial charge in [-0.1, -0.05) is 6.07 Å². The molecule has 26 heavy (non-hydrogen) atoms. The van der Waals surface area contributed by atoms with Gasteiger partial charge in [0, 0.05) is 32.5 Å². The molecule has 1 aliphatic rings. The molecule has 1 aromatic carbocycles. The largest absolute Gasteiger partial charge is 0.370 e. The molecule has 7 nitrogen and oxygen atoms in total. The van der Waals surface area contributed by atoms with Gasteiger partial charge >= 0.3 is 0 Å². The van der Waals surface area contributed by atoms with Gasteiger partial charge in [-0.25, -0.2) is 4.39 Å². The Hall–Kier alpha value is -2.90. The lowest BCUT2D eigenvalue weighted by atomic mass is 9.96. The van der Waals surface area contributed by atoms with Crippen LogP contribution in [0.3, 0.4) is 0 Å². The van der Waals surface area contributed by atoms with Crippen LogP contribution in [0.1, 0.15) is 12.1 Å². The second kappa shape index (κ2) is 7.15. The number of amides is 2. The number of aryl methyl sites for hydroxylation is 1. The maximum Gasteiger partial charge on any atom is 0.247 e. The van der Waals surface area contributed by atoms with Crippen LogP contribution in [0.15, 0.2) is 36.5 Å². The highest BCUT2D eigenvalue weighted by Crippen LogP contribution is 2.27. The predicted octanol–water partition coefficient (Wildman–Crippen LogP) is 0.931. The third-order valence-corrected chi connectivity index (χ3v) is 4.59. The van der Waals surface area contributed by atoms with E-state index < -0.39 is 5.54 Å². The summed E-state index contributed by atoms with van der Waals surface area (Å²) in [6.45, 7) is 0.663. The lowest BCUT2D eigenvalue weighted by Gasteiger charge is -2.30. The monoisotopic (exact) mass is 359 g/mol. The van der Waals surface area contributed by atoms with Crippen molar-refractivity contribution in [2.24, 2.45) is 7.05 Å². The molecule has 0 aliphatic carbocycles. The number of anilines is 1. The van der Waals surface area contributed by atoms with Gasteiger partial charge in [0.15, 0.2) is 0 Å². The summed E-state index contributed by atoms with van der Waals surface area (Å²) in [5.74, 6) is -0.700. The van der Waals surface area contributed by atoms with E-state index in [1.807, 2.05) is 0 Å². The maximum atomic E-state index is 13.5. The standard InChI is InChI=1S/C18H22FN5O2/c1-20-17(26)18(21-14-5-3-4-13(19)10-14)7-9-24(12-18)16(25)11-15-6-8-23(2)22-15/h3-6,8,10,21H,7,9,11-12H2,1-2H3,(H,20,26). The molecule has 2 heterocycles. The quantitative estimate of drug-likeness (QED) is 0.833. The smallest absolute Gasteiger partial charge is 0.247 e. The summed E-state index contributed by atoms with van der Waals surface area (Å²) in [7, 11) is 3.35. The normalized spacial score (nSPS) is 19.4. The third-order valence-electron chi connectivity index (χ3n) is 4.59. The van der Waals surface area contributed by atoms with Crippen molar-refractivity contribution in [3.8, 4) is 0 Å². The van der Waals surface area contributed by atoms with Crippen LogP contribution in [-0.4, -0.2) is 52.2 Å². The van der Waals surface area contributed by atoms with E-state index >= 15 is 0 Å². The Balaban J connectivity index is 1.75. The number of rotatable bonds is 5. The highest BCUT2D eigenvalue weighted by atomic mass is 19.1. The molecule has 2 aromatic rings. The number of benzene rings is 1. The number of carbonyl (C=O) groups is 2. The first kappa shape index (κ1) is 17.9. The van der Waals surface area contributed by atoms with Crippen molar-refractivity contribution in [1.29, 1.82) is 0 Å². The van der Waals surface area contributed by atoms with Crippen LogP contribution in [0.2, 0.25) is 0 Å². The Morgan fingerprint density at radius 1 is 1.35 bits per heavy atom. The van der Waals surface area contributed by atoms with Crippen molar-refractivity contribution >= 4 is 17.5 Å². The molecule has 0 saturated carbocycles. The summed E-state index contributed by atoms with van der Waals surface area (Å²) in [6, 6.07) is 7.75. The van der Waals surface area contributed by atoms with E-state index in [1.54, 1.807) is 48.1 Å². The van der Waals surface area contributed by atoms with E-state index in [-0.39, 0.29) is 30.6 Å². The predicted molar refractivity (Wildman–Crippen MR) is 94.9 cm³/mol. The molecule has 2 N–H and O–H groups in total. The zero-order valence-electron chi connectivity index (χ0n) is 14.8. The number of hydrogen-bond acceptors (Lipinski definition) is 4. The van der Waals surface area contributed by atoms with Crippen molar-refractivity contribution in [1.82, 2.24) is 20.0 Å². The fraction of sp³-hybridized carbons (Fsp3) is 0.389. The molecular weight excluding hydrogens is 337 g/mol. The summed E-state index contributed by atoms with van der Waals surface area (Å²) in [4.78, 5) is 26.8. The fourth-order valence-electron chi connectivity index (χ4n) is 3.27. The second-order valence-corrected chi connectivity index (χ2v) is 6.52. The molecule has 2 amide bonds. The number of carbonyl (C=O) groups excluding carboxylic acids is 2. The Morgan fingerprint density at radius 2 is 2.15 bits per heavy atom. The molecule has 1 unspecified atom stereocenters. The summed E-state index contributed by atoms with van der Waals surface area (Å²) >= 11 is 0. The van der Waals surface area contributed by atoms with E-state index in [1.165, 1.54) is 12.1 Å². The second-order valence-electron chi connectivity index (χ2n) is 6.52. The van der Waals surface area contributed by atoms with E-state index in [2.05, 4.69) is 15.7 Å². The van der Waals surface area contributed by atoms with Crippen LogP contribution in [0.4, 0.5) is 10.1 Å². The topological polar surface area (TPSA) is 79.3 Å². The molecule has 0 bridgehead atoms. The van der Waals surface area contributed by atoms with Crippen molar-refractivity contribution in [3.05, 3.63) is 48.0 Å². The van der Waals surface area contributed by atoms with Crippen molar-refractivity contribution in [2.45, 2.75) is 18.4 Å². The number of aromatic nitrogens is 2. The average Bonchev–Trinajstić information content (AvgIpc) is 3.21.